The number of carbonyl (C=O) groups excluding carboxylic acids is 1. The Balaban J connectivity index is 1.78. The zero-order chi connectivity index (χ0) is 15.9. The highest BCUT2D eigenvalue weighted by molar-refractivity contribution is 5.89. The molecule has 0 saturated heterocycles. The van der Waals surface area contributed by atoms with Gasteiger partial charge in [0.05, 0.1) is 7.11 Å². The molecular formula is C16H16F2N2O2. The summed E-state index contributed by atoms with van der Waals surface area (Å²) in [7, 11) is 1.60. The Morgan fingerprint density at radius 2 is 1.82 bits per heavy atom. The van der Waals surface area contributed by atoms with E-state index in [0.29, 0.717) is 13.0 Å². The number of hydrogen-bond acceptors (Lipinski definition) is 2. The van der Waals surface area contributed by atoms with Gasteiger partial charge in [-0.1, -0.05) is 12.1 Å². The number of amides is 2. The van der Waals surface area contributed by atoms with E-state index in [0.717, 1.165) is 23.4 Å². The molecule has 2 rings (SSSR count). The molecule has 2 N–H and O–H groups in total. The Bertz CT molecular complexity index is 645. The summed E-state index contributed by atoms with van der Waals surface area (Å²) in [4.78, 5) is 11.6. The molecule has 0 spiro atoms. The van der Waals surface area contributed by atoms with Crippen LogP contribution >= 0.6 is 0 Å². The van der Waals surface area contributed by atoms with E-state index < -0.39 is 17.7 Å². The van der Waals surface area contributed by atoms with Crippen LogP contribution in [-0.4, -0.2) is 19.7 Å². The van der Waals surface area contributed by atoms with Crippen molar-refractivity contribution in [3.63, 3.8) is 0 Å². The van der Waals surface area contributed by atoms with Crippen molar-refractivity contribution < 1.29 is 18.3 Å². The van der Waals surface area contributed by atoms with Crippen molar-refractivity contribution in [2.24, 2.45) is 0 Å². The number of benzene rings is 2. The molecule has 0 fully saturated rings. The first-order valence-corrected chi connectivity index (χ1v) is 6.71. The van der Waals surface area contributed by atoms with Crippen molar-refractivity contribution in [1.29, 1.82) is 0 Å². The summed E-state index contributed by atoms with van der Waals surface area (Å²) >= 11 is 0. The number of rotatable bonds is 5. The second-order valence-corrected chi connectivity index (χ2v) is 4.61. The predicted octanol–water partition coefficient (Wildman–Crippen LogP) is 3.34. The van der Waals surface area contributed by atoms with E-state index >= 15 is 0 Å². The topological polar surface area (TPSA) is 50.4 Å². The lowest BCUT2D eigenvalue weighted by atomic mass is 10.1. The van der Waals surface area contributed by atoms with E-state index in [2.05, 4.69) is 10.6 Å². The molecule has 6 heteroatoms. The highest BCUT2D eigenvalue weighted by Gasteiger charge is 2.05. The fraction of sp³-hybridized carbons (Fsp3) is 0.188. The van der Waals surface area contributed by atoms with Crippen LogP contribution in [0.1, 0.15) is 5.56 Å². The molecule has 0 saturated carbocycles. The minimum absolute atomic E-state index is 0.195. The molecular weight excluding hydrogens is 290 g/mol. The first kappa shape index (κ1) is 15.8. The molecule has 0 heterocycles. The summed E-state index contributed by atoms with van der Waals surface area (Å²) in [5, 5.41) is 5.08. The van der Waals surface area contributed by atoms with Crippen LogP contribution in [0, 0.1) is 11.6 Å². The maximum Gasteiger partial charge on any atom is 0.319 e. The van der Waals surface area contributed by atoms with E-state index in [1.165, 1.54) is 6.07 Å². The number of nitrogens with one attached hydrogen (secondary N) is 2. The van der Waals surface area contributed by atoms with Crippen molar-refractivity contribution in [3.8, 4) is 5.75 Å². The number of urea groups is 1. The standard InChI is InChI=1S/C16H16F2N2O2/c1-22-13-5-2-11(3-6-13)8-9-19-16(21)20-12-4-7-14(17)15(18)10-12/h2-7,10H,8-9H2,1H3,(H2,19,20,21). The lowest BCUT2D eigenvalue weighted by molar-refractivity contribution is 0.252. The quantitative estimate of drug-likeness (QED) is 0.890. The van der Waals surface area contributed by atoms with E-state index in [-0.39, 0.29) is 5.69 Å². The average molecular weight is 306 g/mol. The van der Waals surface area contributed by atoms with Crippen LogP contribution in [0.3, 0.4) is 0 Å². The van der Waals surface area contributed by atoms with Crippen LogP contribution in [-0.2, 0) is 6.42 Å². The average Bonchev–Trinajstić information content (AvgIpc) is 2.51. The number of methoxy groups -OCH3 is 1. The number of anilines is 1. The van der Waals surface area contributed by atoms with Crippen molar-refractivity contribution in [1.82, 2.24) is 5.32 Å². The molecule has 4 nitrogen and oxygen atoms in total. The van der Waals surface area contributed by atoms with E-state index in [1.54, 1.807) is 7.11 Å². The van der Waals surface area contributed by atoms with Gasteiger partial charge in [-0.2, -0.15) is 0 Å². The molecule has 116 valence electrons. The van der Waals surface area contributed by atoms with Gasteiger partial charge >= 0.3 is 6.03 Å². The second-order valence-electron chi connectivity index (χ2n) is 4.61. The Morgan fingerprint density at radius 1 is 1.09 bits per heavy atom. The fourth-order valence-electron chi connectivity index (χ4n) is 1.86. The Labute approximate surface area is 127 Å². The largest absolute Gasteiger partial charge is 0.497 e. The SMILES string of the molecule is COc1ccc(CCNC(=O)Nc2ccc(F)c(F)c2)cc1. The third kappa shape index (κ3) is 4.44. The van der Waals surface area contributed by atoms with Gasteiger partial charge in [0.1, 0.15) is 5.75 Å². The maximum absolute atomic E-state index is 13.0. The Kier molecular flexibility index (Phi) is 5.30. The van der Waals surface area contributed by atoms with Gasteiger partial charge in [0.2, 0.25) is 0 Å². The first-order chi connectivity index (χ1) is 10.6. The molecule has 0 atom stereocenters. The van der Waals surface area contributed by atoms with Crippen LogP contribution in [0.2, 0.25) is 0 Å². The molecule has 0 aromatic heterocycles. The van der Waals surface area contributed by atoms with Gasteiger partial charge in [-0.25, -0.2) is 13.6 Å². The molecule has 22 heavy (non-hydrogen) atoms. The normalized spacial score (nSPS) is 10.1. The van der Waals surface area contributed by atoms with Crippen LogP contribution in [0.4, 0.5) is 19.3 Å². The third-order valence-corrected chi connectivity index (χ3v) is 3.04. The fourth-order valence-corrected chi connectivity index (χ4v) is 1.86. The summed E-state index contributed by atoms with van der Waals surface area (Å²) in [6.07, 6.45) is 0.648. The van der Waals surface area contributed by atoms with Crippen LogP contribution in [0.5, 0.6) is 5.75 Å². The molecule has 0 aliphatic rings. The highest BCUT2D eigenvalue weighted by Crippen LogP contribution is 2.13. The number of hydrogen-bond donors (Lipinski definition) is 2. The molecule has 0 aliphatic heterocycles. The summed E-state index contributed by atoms with van der Waals surface area (Å²) in [5.74, 6) is -1.19. The minimum Gasteiger partial charge on any atom is -0.497 e. The molecule has 2 aromatic rings. The van der Waals surface area contributed by atoms with Gasteiger partial charge in [-0.3, -0.25) is 0 Å². The summed E-state index contributed by atoms with van der Waals surface area (Å²) in [6.45, 7) is 0.418. The molecule has 0 bridgehead atoms. The van der Waals surface area contributed by atoms with Crippen LogP contribution < -0.4 is 15.4 Å². The van der Waals surface area contributed by atoms with Gasteiger partial charge in [-0.05, 0) is 36.2 Å². The van der Waals surface area contributed by atoms with Gasteiger partial charge < -0.3 is 15.4 Å². The molecule has 0 unspecified atom stereocenters. The van der Waals surface area contributed by atoms with Crippen LogP contribution in [0.15, 0.2) is 42.5 Å². The van der Waals surface area contributed by atoms with Crippen molar-refractivity contribution in [3.05, 3.63) is 59.7 Å². The molecule has 2 aromatic carbocycles. The smallest absolute Gasteiger partial charge is 0.319 e. The van der Waals surface area contributed by atoms with Gasteiger partial charge in [0.15, 0.2) is 11.6 Å². The maximum atomic E-state index is 13.0. The lowest BCUT2D eigenvalue weighted by Crippen LogP contribution is -2.30. The van der Waals surface area contributed by atoms with E-state index in [4.69, 9.17) is 4.74 Å². The van der Waals surface area contributed by atoms with Gasteiger partial charge in [-0.15, -0.1) is 0 Å². The predicted molar refractivity (Wildman–Crippen MR) is 80.1 cm³/mol. The monoisotopic (exact) mass is 306 g/mol. The molecule has 0 aliphatic carbocycles. The third-order valence-electron chi connectivity index (χ3n) is 3.04. The van der Waals surface area contributed by atoms with Crippen molar-refractivity contribution >= 4 is 11.7 Å². The second kappa shape index (κ2) is 7.40. The molecule has 2 amide bonds. The van der Waals surface area contributed by atoms with Gasteiger partial charge in [0.25, 0.3) is 0 Å². The minimum atomic E-state index is -1.00. The summed E-state index contributed by atoms with van der Waals surface area (Å²) in [5.41, 5.74) is 1.25. The van der Waals surface area contributed by atoms with Crippen molar-refractivity contribution in [2.45, 2.75) is 6.42 Å². The number of ether oxygens (including phenoxy) is 1. The zero-order valence-electron chi connectivity index (χ0n) is 12.0. The zero-order valence-corrected chi connectivity index (χ0v) is 12.0. The van der Waals surface area contributed by atoms with E-state index in [9.17, 15) is 13.6 Å². The van der Waals surface area contributed by atoms with Crippen molar-refractivity contribution in [2.75, 3.05) is 19.0 Å². The molecule has 0 radical (unpaired) electrons. The highest BCUT2D eigenvalue weighted by atomic mass is 19.2. The number of halogens is 2. The Hall–Kier alpha value is -2.63. The summed E-state index contributed by atoms with van der Waals surface area (Å²) < 4.78 is 30.8. The van der Waals surface area contributed by atoms with Crippen LogP contribution in [0.25, 0.3) is 0 Å². The van der Waals surface area contributed by atoms with Gasteiger partial charge in [0, 0.05) is 18.3 Å². The summed E-state index contributed by atoms with van der Waals surface area (Å²) in [6, 6.07) is 10.2. The Morgan fingerprint density at radius 3 is 2.45 bits per heavy atom. The number of carbonyl (C=O) groups is 1. The van der Waals surface area contributed by atoms with E-state index in [1.807, 2.05) is 24.3 Å². The lowest BCUT2D eigenvalue weighted by Gasteiger charge is -2.08. The first-order valence-electron chi connectivity index (χ1n) is 6.71.